The van der Waals surface area contributed by atoms with Crippen molar-refractivity contribution in [2.24, 2.45) is 0 Å². The third-order valence-corrected chi connectivity index (χ3v) is 2.21. The molecule has 0 fully saturated rings. The fourth-order valence-electron chi connectivity index (χ4n) is 0.596. The highest BCUT2D eigenvalue weighted by Crippen LogP contribution is 2.07. The number of hydrogen-bond donors (Lipinski definition) is 0. The lowest BCUT2D eigenvalue weighted by atomic mass is 10.6. The molecule has 0 saturated carbocycles. The fraction of sp³-hybridized carbons (Fsp3) is 0.333. The van der Waals surface area contributed by atoms with Gasteiger partial charge in [-0.3, -0.25) is 4.79 Å². The van der Waals surface area contributed by atoms with Crippen molar-refractivity contribution in [1.29, 1.82) is 0 Å². The van der Waals surface area contributed by atoms with Crippen molar-refractivity contribution in [1.82, 2.24) is 9.88 Å². The lowest BCUT2D eigenvalue weighted by molar-refractivity contribution is 0.230. The minimum atomic E-state index is -0.458. The first kappa shape index (κ1) is 8.49. The van der Waals surface area contributed by atoms with Crippen LogP contribution >= 0.6 is 22.9 Å². The summed E-state index contributed by atoms with van der Waals surface area (Å²) in [6, 6.07) is 0. The summed E-state index contributed by atoms with van der Waals surface area (Å²) in [5, 5.41) is 2.30. The van der Waals surface area contributed by atoms with E-state index in [1.165, 1.54) is 16.2 Å². The lowest BCUT2D eigenvalue weighted by Crippen LogP contribution is -2.19. The zero-order valence-electron chi connectivity index (χ0n) is 5.95. The van der Waals surface area contributed by atoms with Gasteiger partial charge in [-0.2, -0.15) is 0 Å². The average molecular weight is 191 g/mol. The van der Waals surface area contributed by atoms with Gasteiger partial charge in [0.05, 0.1) is 6.54 Å². The van der Waals surface area contributed by atoms with Gasteiger partial charge in [0.1, 0.15) is 5.01 Å². The molecule has 0 radical (unpaired) electrons. The third kappa shape index (κ3) is 2.48. The van der Waals surface area contributed by atoms with Crippen LogP contribution in [0.5, 0.6) is 0 Å². The van der Waals surface area contributed by atoms with Crippen molar-refractivity contribution in [3.8, 4) is 0 Å². The fourth-order valence-corrected chi connectivity index (χ4v) is 1.32. The molecule has 0 aliphatic heterocycles. The Morgan fingerprint density at radius 2 is 2.64 bits per heavy atom. The Bertz CT molecular complexity index is 237. The molecular formula is C6H7ClN2OS. The van der Waals surface area contributed by atoms with E-state index in [0.29, 0.717) is 6.54 Å². The second kappa shape index (κ2) is 3.69. The highest BCUT2D eigenvalue weighted by atomic mass is 35.5. The van der Waals surface area contributed by atoms with Gasteiger partial charge in [-0.05, 0) is 11.6 Å². The smallest absolute Gasteiger partial charge is 0.316 e. The molecule has 1 heterocycles. The van der Waals surface area contributed by atoms with Gasteiger partial charge in [-0.15, -0.1) is 11.3 Å². The lowest BCUT2D eigenvalue weighted by Gasteiger charge is -2.09. The van der Waals surface area contributed by atoms with Crippen LogP contribution in [0, 0.1) is 0 Å². The molecule has 0 unspecified atom stereocenters. The van der Waals surface area contributed by atoms with E-state index >= 15 is 0 Å². The molecule has 60 valence electrons. The van der Waals surface area contributed by atoms with Gasteiger partial charge < -0.3 is 4.90 Å². The molecular weight excluding hydrogens is 184 g/mol. The van der Waals surface area contributed by atoms with Gasteiger partial charge in [0, 0.05) is 18.6 Å². The molecule has 1 amide bonds. The number of amides is 1. The molecule has 11 heavy (non-hydrogen) atoms. The van der Waals surface area contributed by atoms with Crippen LogP contribution in [0.2, 0.25) is 0 Å². The Morgan fingerprint density at radius 1 is 1.91 bits per heavy atom. The number of carbonyl (C=O) groups is 1. The molecule has 1 aromatic rings. The Labute approximate surface area is 73.6 Å². The van der Waals surface area contributed by atoms with E-state index in [9.17, 15) is 4.79 Å². The molecule has 0 saturated heterocycles. The number of carbonyl (C=O) groups excluding carboxylic acids is 1. The van der Waals surface area contributed by atoms with Crippen LogP contribution < -0.4 is 0 Å². The van der Waals surface area contributed by atoms with Crippen LogP contribution in [0.1, 0.15) is 5.01 Å². The first-order valence-corrected chi connectivity index (χ1v) is 4.25. The number of rotatable bonds is 2. The van der Waals surface area contributed by atoms with E-state index < -0.39 is 5.37 Å². The van der Waals surface area contributed by atoms with Crippen molar-refractivity contribution in [2.75, 3.05) is 7.05 Å². The van der Waals surface area contributed by atoms with Crippen molar-refractivity contribution in [2.45, 2.75) is 6.54 Å². The topological polar surface area (TPSA) is 33.2 Å². The molecule has 0 N–H and O–H groups in total. The summed E-state index contributed by atoms with van der Waals surface area (Å²) in [5.74, 6) is 0. The summed E-state index contributed by atoms with van der Waals surface area (Å²) in [6.45, 7) is 0.486. The van der Waals surface area contributed by atoms with Crippen LogP contribution in [-0.4, -0.2) is 22.3 Å². The number of halogens is 1. The molecule has 0 aromatic carbocycles. The number of thiazole rings is 1. The molecule has 1 rings (SSSR count). The minimum absolute atomic E-state index is 0.458. The summed E-state index contributed by atoms with van der Waals surface area (Å²) in [5.41, 5.74) is 0. The van der Waals surface area contributed by atoms with Crippen molar-refractivity contribution in [3.63, 3.8) is 0 Å². The van der Waals surface area contributed by atoms with Crippen molar-refractivity contribution >= 4 is 28.3 Å². The first-order chi connectivity index (χ1) is 5.20. The van der Waals surface area contributed by atoms with E-state index in [-0.39, 0.29) is 0 Å². The Kier molecular flexibility index (Phi) is 2.84. The van der Waals surface area contributed by atoms with Crippen LogP contribution in [0.4, 0.5) is 4.79 Å². The molecule has 5 heteroatoms. The number of nitrogens with zero attached hydrogens (tertiary/aromatic N) is 2. The molecule has 0 atom stereocenters. The molecule has 0 spiro atoms. The number of aromatic nitrogens is 1. The Balaban J connectivity index is 2.50. The van der Waals surface area contributed by atoms with Gasteiger partial charge >= 0.3 is 5.37 Å². The van der Waals surface area contributed by atoms with Crippen LogP contribution in [0.3, 0.4) is 0 Å². The summed E-state index contributed by atoms with van der Waals surface area (Å²) in [4.78, 5) is 15.9. The molecule has 0 aliphatic rings. The summed E-state index contributed by atoms with van der Waals surface area (Å²) >= 11 is 6.71. The third-order valence-electron chi connectivity index (χ3n) is 1.16. The highest BCUT2D eigenvalue weighted by molar-refractivity contribution is 7.09. The van der Waals surface area contributed by atoms with Gasteiger partial charge in [-0.25, -0.2) is 4.98 Å². The zero-order valence-corrected chi connectivity index (χ0v) is 7.52. The molecule has 0 aliphatic carbocycles. The van der Waals surface area contributed by atoms with Crippen LogP contribution in [0.15, 0.2) is 11.6 Å². The maximum atomic E-state index is 10.5. The molecule has 0 bridgehead atoms. The maximum Gasteiger partial charge on any atom is 0.316 e. The van der Waals surface area contributed by atoms with Crippen LogP contribution in [0.25, 0.3) is 0 Å². The first-order valence-electron chi connectivity index (χ1n) is 2.99. The SMILES string of the molecule is CN(Cc1nccs1)C(=O)Cl. The quantitative estimate of drug-likeness (QED) is 0.528. The highest BCUT2D eigenvalue weighted by Gasteiger charge is 2.05. The second-order valence-corrected chi connectivity index (χ2v) is 3.34. The zero-order chi connectivity index (χ0) is 8.27. The normalized spacial score (nSPS) is 9.64. The van der Waals surface area contributed by atoms with Gasteiger partial charge in [0.2, 0.25) is 0 Å². The number of hydrogen-bond acceptors (Lipinski definition) is 3. The summed E-state index contributed by atoms with van der Waals surface area (Å²) in [7, 11) is 1.64. The molecule has 1 aromatic heterocycles. The Hall–Kier alpha value is -0.610. The maximum absolute atomic E-state index is 10.5. The van der Waals surface area contributed by atoms with Crippen LogP contribution in [-0.2, 0) is 6.54 Å². The van der Waals surface area contributed by atoms with Gasteiger partial charge in [-0.1, -0.05) is 0 Å². The van der Waals surface area contributed by atoms with E-state index in [1.807, 2.05) is 5.38 Å². The predicted molar refractivity (Wildman–Crippen MR) is 44.8 cm³/mol. The summed E-state index contributed by atoms with van der Waals surface area (Å²) < 4.78 is 0. The predicted octanol–water partition coefficient (Wildman–Crippen LogP) is 1.93. The van der Waals surface area contributed by atoms with E-state index in [4.69, 9.17) is 11.6 Å². The average Bonchev–Trinajstić information content (AvgIpc) is 2.39. The largest absolute Gasteiger partial charge is 0.326 e. The van der Waals surface area contributed by atoms with E-state index in [1.54, 1.807) is 13.2 Å². The van der Waals surface area contributed by atoms with Gasteiger partial charge in [0.15, 0.2) is 0 Å². The Morgan fingerprint density at radius 3 is 3.09 bits per heavy atom. The standard InChI is InChI=1S/C6H7ClN2OS/c1-9(6(7)10)4-5-8-2-3-11-5/h2-3H,4H2,1H3. The van der Waals surface area contributed by atoms with E-state index in [2.05, 4.69) is 4.98 Å². The summed E-state index contributed by atoms with van der Waals surface area (Å²) in [6.07, 6.45) is 1.70. The van der Waals surface area contributed by atoms with Gasteiger partial charge in [0.25, 0.3) is 0 Å². The van der Waals surface area contributed by atoms with Crippen molar-refractivity contribution < 1.29 is 4.79 Å². The monoisotopic (exact) mass is 190 g/mol. The molecule has 3 nitrogen and oxygen atoms in total. The van der Waals surface area contributed by atoms with E-state index in [0.717, 1.165) is 5.01 Å². The minimum Gasteiger partial charge on any atom is -0.326 e. The second-order valence-electron chi connectivity index (χ2n) is 2.03. The van der Waals surface area contributed by atoms with Crippen molar-refractivity contribution in [3.05, 3.63) is 16.6 Å².